The highest BCUT2D eigenvalue weighted by atomic mass is 16.5. The van der Waals surface area contributed by atoms with Crippen LogP contribution in [-0.2, 0) is 0 Å². The lowest BCUT2D eigenvalue weighted by Gasteiger charge is -2.12. The molecule has 0 aliphatic heterocycles. The van der Waals surface area contributed by atoms with E-state index in [2.05, 4.69) is 25.6 Å². The van der Waals surface area contributed by atoms with Gasteiger partial charge in [0.05, 0.1) is 7.11 Å². The van der Waals surface area contributed by atoms with Crippen molar-refractivity contribution in [2.45, 2.75) is 13.8 Å². The van der Waals surface area contributed by atoms with Crippen LogP contribution in [0.15, 0.2) is 49.1 Å². The van der Waals surface area contributed by atoms with Crippen LogP contribution >= 0.6 is 0 Å². The second kappa shape index (κ2) is 5.96. The second-order valence-electron chi connectivity index (χ2n) is 3.49. The summed E-state index contributed by atoms with van der Waals surface area (Å²) in [4.78, 5) is 0. The Kier molecular flexibility index (Phi) is 4.59. The van der Waals surface area contributed by atoms with Crippen LogP contribution in [0, 0.1) is 6.92 Å². The largest absolute Gasteiger partial charge is 0.496 e. The summed E-state index contributed by atoms with van der Waals surface area (Å²) in [6.45, 7) is 7.79. The lowest BCUT2D eigenvalue weighted by molar-refractivity contribution is 0.413. The molecular formula is C15H18O. The van der Waals surface area contributed by atoms with E-state index in [4.69, 9.17) is 4.74 Å². The van der Waals surface area contributed by atoms with Crippen LogP contribution in [0.4, 0.5) is 0 Å². The van der Waals surface area contributed by atoms with Gasteiger partial charge in [-0.15, -0.1) is 0 Å². The minimum Gasteiger partial charge on any atom is -0.496 e. The molecule has 0 saturated carbocycles. The summed E-state index contributed by atoms with van der Waals surface area (Å²) in [5.74, 6) is 0.904. The zero-order chi connectivity index (χ0) is 12.0. The van der Waals surface area contributed by atoms with Crippen LogP contribution in [0.25, 0.3) is 5.57 Å². The molecule has 0 bridgehead atoms. The topological polar surface area (TPSA) is 9.23 Å². The predicted molar refractivity (Wildman–Crippen MR) is 70.7 cm³/mol. The van der Waals surface area contributed by atoms with Crippen LogP contribution in [-0.4, -0.2) is 7.11 Å². The number of aryl methyl sites for hydroxylation is 1. The smallest absolute Gasteiger partial charge is 0.126 e. The summed E-state index contributed by atoms with van der Waals surface area (Å²) >= 11 is 0. The third kappa shape index (κ3) is 2.63. The first kappa shape index (κ1) is 12.3. The van der Waals surface area contributed by atoms with Gasteiger partial charge in [0, 0.05) is 5.56 Å². The average molecular weight is 214 g/mol. The van der Waals surface area contributed by atoms with Crippen LogP contribution in [0.1, 0.15) is 18.1 Å². The van der Waals surface area contributed by atoms with Crippen molar-refractivity contribution in [2.75, 3.05) is 7.11 Å². The van der Waals surface area contributed by atoms with Gasteiger partial charge in [-0.2, -0.15) is 0 Å². The Labute approximate surface area is 97.8 Å². The molecule has 0 unspecified atom stereocenters. The van der Waals surface area contributed by atoms with E-state index in [1.54, 1.807) is 13.2 Å². The van der Waals surface area contributed by atoms with Gasteiger partial charge in [-0.25, -0.2) is 0 Å². The molecular weight excluding hydrogens is 196 g/mol. The van der Waals surface area contributed by atoms with Gasteiger partial charge in [-0.1, -0.05) is 43.0 Å². The van der Waals surface area contributed by atoms with E-state index in [1.807, 2.05) is 31.2 Å². The van der Waals surface area contributed by atoms with Gasteiger partial charge in [-0.3, -0.25) is 0 Å². The first-order valence-corrected chi connectivity index (χ1v) is 5.34. The van der Waals surface area contributed by atoms with E-state index in [-0.39, 0.29) is 0 Å². The maximum Gasteiger partial charge on any atom is 0.126 e. The van der Waals surface area contributed by atoms with Crippen molar-refractivity contribution in [1.82, 2.24) is 0 Å². The number of hydrogen-bond donors (Lipinski definition) is 0. The van der Waals surface area contributed by atoms with Crippen molar-refractivity contribution >= 4 is 5.57 Å². The van der Waals surface area contributed by atoms with Gasteiger partial charge in [0.2, 0.25) is 0 Å². The molecule has 1 aromatic rings. The van der Waals surface area contributed by atoms with Crippen LogP contribution < -0.4 is 4.74 Å². The van der Waals surface area contributed by atoms with E-state index >= 15 is 0 Å². The van der Waals surface area contributed by atoms with Gasteiger partial charge in [-0.05, 0) is 31.1 Å². The molecule has 0 saturated heterocycles. The molecule has 1 nitrogen and oxygen atoms in total. The molecule has 0 N–H and O–H groups in total. The molecule has 0 amide bonds. The van der Waals surface area contributed by atoms with E-state index in [1.165, 1.54) is 5.56 Å². The highest BCUT2D eigenvalue weighted by Gasteiger charge is 2.07. The van der Waals surface area contributed by atoms with E-state index in [0.29, 0.717) is 0 Å². The Bertz CT molecular complexity index is 425. The fraction of sp³-hybridized carbons (Fsp3) is 0.200. The van der Waals surface area contributed by atoms with Crippen molar-refractivity contribution in [3.63, 3.8) is 0 Å². The summed E-state index contributed by atoms with van der Waals surface area (Å²) < 4.78 is 5.39. The van der Waals surface area contributed by atoms with Gasteiger partial charge in [0.15, 0.2) is 0 Å². The van der Waals surface area contributed by atoms with Crippen molar-refractivity contribution in [3.05, 3.63) is 60.2 Å². The lowest BCUT2D eigenvalue weighted by Crippen LogP contribution is -1.93. The summed E-state index contributed by atoms with van der Waals surface area (Å²) in [6.07, 6.45) is 7.82. The first-order chi connectivity index (χ1) is 7.74. The fourth-order valence-corrected chi connectivity index (χ4v) is 1.68. The Morgan fingerprint density at radius 1 is 1.38 bits per heavy atom. The SMILES string of the molecule is C=C/C=C\C(=C/C)c1c(C)cccc1OC. The number of methoxy groups -OCH3 is 1. The molecule has 0 spiro atoms. The number of hydrogen-bond acceptors (Lipinski definition) is 1. The maximum atomic E-state index is 5.39. The zero-order valence-electron chi connectivity index (χ0n) is 10.2. The summed E-state index contributed by atoms with van der Waals surface area (Å²) in [7, 11) is 1.70. The summed E-state index contributed by atoms with van der Waals surface area (Å²) in [6, 6.07) is 6.07. The van der Waals surface area contributed by atoms with E-state index in [0.717, 1.165) is 16.9 Å². The van der Waals surface area contributed by atoms with Crippen LogP contribution in [0.3, 0.4) is 0 Å². The molecule has 0 aromatic heterocycles. The number of benzene rings is 1. The number of ether oxygens (including phenoxy) is 1. The third-order valence-corrected chi connectivity index (χ3v) is 2.47. The molecule has 1 rings (SSSR count). The number of allylic oxidation sites excluding steroid dienone is 5. The maximum absolute atomic E-state index is 5.39. The van der Waals surface area contributed by atoms with Gasteiger partial charge >= 0.3 is 0 Å². The molecule has 16 heavy (non-hydrogen) atoms. The third-order valence-electron chi connectivity index (χ3n) is 2.47. The van der Waals surface area contributed by atoms with Gasteiger partial charge in [0.25, 0.3) is 0 Å². The Morgan fingerprint density at radius 2 is 2.12 bits per heavy atom. The fourth-order valence-electron chi connectivity index (χ4n) is 1.68. The summed E-state index contributed by atoms with van der Waals surface area (Å²) in [5.41, 5.74) is 3.50. The minimum atomic E-state index is 0.904. The summed E-state index contributed by atoms with van der Waals surface area (Å²) in [5, 5.41) is 0. The predicted octanol–water partition coefficient (Wildman–Crippen LogP) is 4.15. The molecule has 0 fully saturated rings. The quantitative estimate of drug-likeness (QED) is 0.684. The van der Waals surface area contributed by atoms with E-state index < -0.39 is 0 Å². The number of rotatable bonds is 4. The monoisotopic (exact) mass is 214 g/mol. The second-order valence-corrected chi connectivity index (χ2v) is 3.49. The highest BCUT2D eigenvalue weighted by molar-refractivity contribution is 5.79. The Hall–Kier alpha value is -1.76. The Balaban J connectivity index is 3.29. The molecule has 84 valence electrons. The zero-order valence-corrected chi connectivity index (χ0v) is 10.2. The van der Waals surface area contributed by atoms with Crippen molar-refractivity contribution in [3.8, 4) is 5.75 Å². The normalized spacial score (nSPS) is 11.8. The highest BCUT2D eigenvalue weighted by Crippen LogP contribution is 2.29. The Morgan fingerprint density at radius 3 is 2.69 bits per heavy atom. The first-order valence-electron chi connectivity index (χ1n) is 5.34. The van der Waals surface area contributed by atoms with Gasteiger partial charge < -0.3 is 4.74 Å². The molecule has 1 heteroatoms. The molecule has 0 atom stereocenters. The van der Waals surface area contributed by atoms with Crippen molar-refractivity contribution < 1.29 is 4.74 Å². The average Bonchev–Trinajstić information content (AvgIpc) is 2.31. The van der Waals surface area contributed by atoms with E-state index in [9.17, 15) is 0 Å². The lowest BCUT2D eigenvalue weighted by atomic mass is 9.99. The molecule has 0 aliphatic carbocycles. The van der Waals surface area contributed by atoms with Crippen LogP contribution in [0.2, 0.25) is 0 Å². The van der Waals surface area contributed by atoms with Crippen molar-refractivity contribution in [2.24, 2.45) is 0 Å². The molecule has 0 aliphatic rings. The van der Waals surface area contributed by atoms with Crippen molar-refractivity contribution in [1.29, 1.82) is 0 Å². The standard InChI is InChI=1S/C15H18O/c1-5-7-10-13(6-2)15-12(3)9-8-11-14(15)16-4/h5-11H,1H2,2-4H3/b10-7-,13-6+. The minimum absolute atomic E-state index is 0.904. The molecule has 1 aromatic carbocycles. The van der Waals surface area contributed by atoms with Crippen LogP contribution in [0.5, 0.6) is 5.75 Å². The molecule has 0 heterocycles. The molecule has 0 radical (unpaired) electrons. The van der Waals surface area contributed by atoms with Gasteiger partial charge in [0.1, 0.15) is 5.75 Å².